The minimum atomic E-state index is -0.174. The summed E-state index contributed by atoms with van der Waals surface area (Å²) in [5.74, 6) is 0.927. The van der Waals surface area contributed by atoms with E-state index < -0.39 is 0 Å². The van der Waals surface area contributed by atoms with Gasteiger partial charge in [-0.25, -0.2) is 9.67 Å². The van der Waals surface area contributed by atoms with Gasteiger partial charge < -0.3 is 4.74 Å². The Bertz CT molecular complexity index is 1530. The van der Waals surface area contributed by atoms with Crippen molar-refractivity contribution in [3.8, 4) is 22.7 Å². The smallest absolute Gasteiger partial charge is 0.291 e. The molecule has 31 heavy (non-hydrogen) atoms. The molecule has 0 unspecified atom stereocenters. The van der Waals surface area contributed by atoms with Gasteiger partial charge in [0.25, 0.3) is 5.56 Å². The molecule has 0 aliphatic carbocycles. The molecule has 0 saturated carbocycles. The van der Waals surface area contributed by atoms with E-state index in [2.05, 4.69) is 23.1 Å². The third-order valence-electron chi connectivity index (χ3n) is 5.34. The van der Waals surface area contributed by atoms with Crippen molar-refractivity contribution >= 4 is 22.4 Å². The number of ether oxygens (including phenoxy) is 1. The van der Waals surface area contributed by atoms with Crippen LogP contribution < -0.4 is 14.8 Å². The van der Waals surface area contributed by atoms with Gasteiger partial charge >= 0.3 is 0 Å². The Morgan fingerprint density at radius 3 is 2.90 bits per heavy atom. The standard InChI is InChI=1S/C23H17N5O2S/c1-14-9-16-10-15(7-8-19(16)30-14)21-17(12-27(26-21)18-5-3-2-4-6-18)11-20-22(29)28-23(31-20)24-13-25-28/h2-8,10-14H,9H2,1H3/b20-11-/t14-/m1/s1. The Morgan fingerprint density at radius 2 is 2.06 bits per heavy atom. The van der Waals surface area contributed by atoms with Crippen LogP contribution in [0.4, 0.5) is 0 Å². The first-order chi connectivity index (χ1) is 15.2. The zero-order valence-corrected chi connectivity index (χ0v) is 17.4. The third kappa shape index (κ3) is 3.03. The third-order valence-corrected chi connectivity index (χ3v) is 6.31. The summed E-state index contributed by atoms with van der Waals surface area (Å²) in [5, 5.41) is 8.88. The molecule has 2 aromatic carbocycles. The van der Waals surface area contributed by atoms with Gasteiger partial charge in [0.05, 0.1) is 10.2 Å². The molecule has 7 nitrogen and oxygen atoms in total. The van der Waals surface area contributed by atoms with Crippen LogP contribution in [0.3, 0.4) is 0 Å². The summed E-state index contributed by atoms with van der Waals surface area (Å²) >= 11 is 1.32. The van der Waals surface area contributed by atoms with Gasteiger partial charge in [0.1, 0.15) is 23.9 Å². The van der Waals surface area contributed by atoms with Crippen molar-refractivity contribution in [3.63, 3.8) is 0 Å². The van der Waals surface area contributed by atoms with Crippen LogP contribution in [0.1, 0.15) is 18.1 Å². The molecular formula is C23H17N5O2S. The fourth-order valence-corrected chi connectivity index (χ4v) is 4.79. The second-order valence-corrected chi connectivity index (χ2v) is 8.55. The molecule has 0 bridgehead atoms. The SMILES string of the molecule is C[C@@H]1Cc2cc(-c3nn(-c4ccccc4)cc3/C=c3\sc4ncnn4c3=O)ccc2O1. The Labute approximate surface area is 180 Å². The highest BCUT2D eigenvalue weighted by atomic mass is 32.1. The molecule has 3 aromatic heterocycles. The fourth-order valence-electron chi connectivity index (χ4n) is 3.92. The van der Waals surface area contributed by atoms with Crippen molar-refractivity contribution in [1.29, 1.82) is 0 Å². The Balaban J connectivity index is 1.55. The topological polar surface area (TPSA) is 74.3 Å². The summed E-state index contributed by atoms with van der Waals surface area (Å²) in [6.07, 6.45) is 6.27. The average Bonchev–Trinajstić information content (AvgIpc) is 3.54. The van der Waals surface area contributed by atoms with E-state index in [0.29, 0.717) is 9.49 Å². The van der Waals surface area contributed by atoms with E-state index in [4.69, 9.17) is 9.84 Å². The van der Waals surface area contributed by atoms with E-state index in [1.54, 1.807) is 0 Å². The quantitative estimate of drug-likeness (QED) is 0.443. The molecule has 0 N–H and O–H groups in total. The van der Waals surface area contributed by atoms with Gasteiger partial charge in [-0.3, -0.25) is 4.79 Å². The Kier molecular flexibility index (Phi) is 4.00. The summed E-state index contributed by atoms with van der Waals surface area (Å²) in [6, 6.07) is 16.1. The highest BCUT2D eigenvalue weighted by molar-refractivity contribution is 7.15. The molecule has 0 radical (unpaired) electrons. The van der Waals surface area contributed by atoms with Gasteiger partial charge in [-0.05, 0) is 48.9 Å². The predicted octanol–water partition coefficient (Wildman–Crippen LogP) is 2.87. The molecule has 1 aliphatic heterocycles. The molecule has 152 valence electrons. The van der Waals surface area contributed by atoms with Crippen molar-refractivity contribution in [2.24, 2.45) is 0 Å². The van der Waals surface area contributed by atoms with Gasteiger partial charge in [0, 0.05) is 23.7 Å². The first-order valence-corrected chi connectivity index (χ1v) is 10.8. The maximum absolute atomic E-state index is 12.7. The summed E-state index contributed by atoms with van der Waals surface area (Å²) in [5.41, 5.74) is 4.61. The van der Waals surface area contributed by atoms with Gasteiger partial charge in [-0.15, -0.1) is 0 Å². The summed E-state index contributed by atoms with van der Waals surface area (Å²) < 4.78 is 9.59. The van der Waals surface area contributed by atoms with Crippen LogP contribution in [0.15, 0.2) is 65.8 Å². The number of aromatic nitrogens is 5. The maximum Gasteiger partial charge on any atom is 0.291 e. The number of hydrogen-bond donors (Lipinski definition) is 0. The number of fused-ring (bicyclic) bond motifs is 2. The monoisotopic (exact) mass is 427 g/mol. The fraction of sp³-hybridized carbons (Fsp3) is 0.130. The minimum absolute atomic E-state index is 0.174. The van der Waals surface area contributed by atoms with E-state index in [9.17, 15) is 4.79 Å². The van der Waals surface area contributed by atoms with Crippen molar-refractivity contribution in [2.75, 3.05) is 0 Å². The predicted molar refractivity (Wildman–Crippen MR) is 119 cm³/mol. The lowest BCUT2D eigenvalue weighted by molar-refractivity contribution is 0.254. The van der Waals surface area contributed by atoms with Crippen LogP contribution in [0.2, 0.25) is 0 Å². The van der Waals surface area contributed by atoms with E-state index in [-0.39, 0.29) is 11.7 Å². The molecule has 0 saturated heterocycles. The van der Waals surface area contributed by atoms with Crippen LogP contribution in [-0.2, 0) is 6.42 Å². The van der Waals surface area contributed by atoms with Crippen LogP contribution in [0, 0.1) is 0 Å². The number of nitrogens with zero attached hydrogens (tertiary/aromatic N) is 5. The largest absolute Gasteiger partial charge is 0.490 e. The number of para-hydroxylation sites is 1. The lowest BCUT2D eigenvalue weighted by atomic mass is 10.0. The Hall–Kier alpha value is -3.78. The van der Waals surface area contributed by atoms with Crippen molar-refractivity contribution in [1.82, 2.24) is 24.4 Å². The summed E-state index contributed by atoms with van der Waals surface area (Å²) in [6.45, 7) is 2.07. The molecule has 0 amide bonds. The van der Waals surface area contributed by atoms with Crippen LogP contribution >= 0.6 is 11.3 Å². The number of thiazole rings is 1. The summed E-state index contributed by atoms with van der Waals surface area (Å²) in [7, 11) is 0. The lowest BCUT2D eigenvalue weighted by Crippen LogP contribution is -2.23. The minimum Gasteiger partial charge on any atom is -0.490 e. The number of rotatable bonds is 3. The first kappa shape index (κ1) is 18.0. The van der Waals surface area contributed by atoms with E-state index in [1.807, 2.05) is 59.4 Å². The average molecular weight is 427 g/mol. The molecule has 6 rings (SSSR count). The Morgan fingerprint density at radius 1 is 1.19 bits per heavy atom. The van der Waals surface area contributed by atoms with Crippen molar-refractivity contribution in [2.45, 2.75) is 19.4 Å². The van der Waals surface area contributed by atoms with Gasteiger partial charge in [-0.2, -0.15) is 14.7 Å². The lowest BCUT2D eigenvalue weighted by Gasteiger charge is -2.04. The number of hydrogen-bond acceptors (Lipinski definition) is 6. The van der Waals surface area contributed by atoms with Crippen LogP contribution in [0.25, 0.3) is 28.0 Å². The van der Waals surface area contributed by atoms with Crippen molar-refractivity contribution < 1.29 is 4.74 Å². The molecule has 1 aliphatic rings. The molecule has 5 aromatic rings. The van der Waals surface area contributed by atoms with Gasteiger partial charge in [0.15, 0.2) is 0 Å². The zero-order chi connectivity index (χ0) is 20.9. The maximum atomic E-state index is 12.7. The molecule has 4 heterocycles. The molecule has 0 fully saturated rings. The molecule has 0 spiro atoms. The zero-order valence-electron chi connectivity index (χ0n) is 16.6. The molecule has 1 atom stereocenters. The molecular weight excluding hydrogens is 410 g/mol. The molecule has 8 heteroatoms. The van der Waals surface area contributed by atoms with Crippen molar-refractivity contribution in [3.05, 3.63) is 87.1 Å². The van der Waals surface area contributed by atoms with E-state index in [0.717, 1.165) is 34.7 Å². The number of benzene rings is 2. The summed E-state index contributed by atoms with van der Waals surface area (Å²) in [4.78, 5) is 17.4. The normalized spacial score (nSPS) is 16.0. The van der Waals surface area contributed by atoms with E-state index >= 15 is 0 Å². The van der Waals surface area contributed by atoms with Crippen LogP contribution in [0.5, 0.6) is 5.75 Å². The second kappa shape index (κ2) is 6.88. The highest BCUT2D eigenvalue weighted by Crippen LogP contribution is 2.34. The van der Waals surface area contributed by atoms with Gasteiger partial charge in [0.2, 0.25) is 4.96 Å². The van der Waals surface area contributed by atoms with Gasteiger partial charge in [-0.1, -0.05) is 29.5 Å². The van der Waals surface area contributed by atoms with Crippen LogP contribution in [-0.4, -0.2) is 30.5 Å². The highest BCUT2D eigenvalue weighted by Gasteiger charge is 2.21. The first-order valence-electron chi connectivity index (χ1n) is 9.95. The van der Waals surface area contributed by atoms with E-state index in [1.165, 1.54) is 27.7 Å². The second-order valence-electron chi connectivity index (χ2n) is 7.54.